The topological polar surface area (TPSA) is 44.3 Å². The second kappa shape index (κ2) is 7.24. The molecule has 1 saturated heterocycles. The molecule has 116 valence electrons. The Morgan fingerprint density at radius 2 is 1.75 bits per heavy atom. The first-order valence-corrected chi connectivity index (χ1v) is 8.96. The molecule has 1 heterocycles. The van der Waals surface area contributed by atoms with E-state index in [0.29, 0.717) is 18.4 Å². The van der Waals surface area contributed by atoms with Crippen LogP contribution in [0.4, 0.5) is 0 Å². The summed E-state index contributed by atoms with van der Waals surface area (Å²) in [4.78, 5) is 0. The van der Waals surface area contributed by atoms with Gasteiger partial charge in [-0.1, -0.05) is 19.3 Å². The molecule has 1 aliphatic heterocycles. The fraction of sp³-hybridized carbons (Fsp3) is 1.00. The van der Waals surface area contributed by atoms with Crippen molar-refractivity contribution in [1.82, 2.24) is 10.6 Å². The van der Waals surface area contributed by atoms with Gasteiger partial charge in [0.2, 0.25) is 0 Å². The standard InChI is InChI=1S/C17H32N2O/c20-12-14-6-2-1-5-13(14)11-19-17-8-3-7-15(17)16-9-4-10-18-16/h13-20H,1-12H2. The molecular formula is C17H32N2O. The molecule has 0 aromatic heterocycles. The Bertz CT molecular complexity index is 291. The number of rotatable bonds is 5. The van der Waals surface area contributed by atoms with E-state index in [-0.39, 0.29) is 0 Å². The Labute approximate surface area is 123 Å². The molecule has 5 atom stereocenters. The molecule has 0 amide bonds. The molecule has 2 aliphatic carbocycles. The first kappa shape index (κ1) is 14.8. The van der Waals surface area contributed by atoms with Crippen LogP contribution in [0.15, 0.2) is 0 Å². The minimum atomic E-state index is 0.393. The van der Waals surface area contributed by atoms with Crippen LogP contribution in [0.3, 0.4) is 0 Å². The van der Waals surface area contributed by atoms with Crippen LogP contribution in [-0.2, 0) is 0 Å². The van der Waals surface area contributed by atoms with E-state index in [1.807, 2.05) is 0 Å². The summed E-state index contributed by atoms with van der Waals surface area (Å²) in [6.45, 7) is 2.76. The first-order valence-electron chi connectivity index (χ1n) is 8.96. The highest BCUT2D eigenvalue weighted by atomic mass is 16.3. The molecule has 3 nitrogen and oxygen atoms in total. The predicted molar refractivity (Wildman–Crippen MR) is 82.7 cm³/mol. The maximum Gasteiger partial charge on any atom is 0.0462 e. The summed E-state index contributed by atoms with van der Waals surface area (Å²) in [6, 6.07) is 1.50. The van der Waals surface area contributed by atoms with E-state index in [1.54, 1.807) is 0 Å². The molecule has 0 spiro atoms. The lowest BCUT2D eigenvalue weighted by Gasteiger charge is -2.33. The molecular weight excluding hydrogens is 248 g/mol. The zero-order valence-corrected chi connectivity index (χ0v) is 12.8. The zero-order valence-electron chi connectivity index (χ0n) is 12.8. The van der Waals surface area contributed by atoms with Crippen molar-refractivity contribution in [3.05, 3.63) is 0 Å². The lowest BCUT2D eigenvalue weighted by Crippen LogP contribution is -2.44. The quantitative estimate of drug-likeness (QED) is 0.724. The summed E-state index contributed by atoms with van der Waals surface area (Å²) in [5, 5.41) is 17.1. The van der Waals surface area contributed by atoms with Crippen LogP contribution in [0.25, 0.3) is 0 Å². The van der Waals surface area contributed by atoms with E-state index < -0.39 is 0 Å². The Morgan fingerprint density at radius 3 is 2.50 bits per heavy atom. The minimum Gasteiger partial charge on any atom is -0.396 e. The van der Waals surface area contributed by atoms with Crippen molar-refractivity contribution in [1.29, 1.82) is 0 Å². The van der Waals surface area contributed by atoms with Crippen molar-refractivity contribution in [3.8, 4) is 0 Å². The van der Waals surface area contributed by atoms with E-state index >= 15 is 0 Å². The monoisotopic (exact) mass is 280 g/mol. The molecule has 0 aromatic rings. The summed E-state index contributed by atoms with van der Waals surface area (Å²) in [6.07, 6.45) is 12.1. The first-order chi connectivity index (χ1) is 9.88. The molecule has 3 heteroatoms. The summed E-state index contributed by atoms with van der Waals surface area (Å²) in [7, 11) is 0. The molecule has 0 bridgehead atoms. The number of aliphatic hydroxyl groups is 1. The third kappa shape index (κ3) is 3.37. The maximum absolute atomic E-state index is 9.54. The zero-order chi connectivity index (χ0) is 13.8. The SMILES string of the molecule is OCC1CCCCC1CNC1CCCC1C1CCCN1. The van der Waals surface area contributed by atoms with Crippen molar-refractivity contribution in [3.63, 3.8) is 0 Å². The lowest BCUT2D eigenvalue weighted by atomic mass is 9.79. The molecule has 20 heavy (non-hydrogen) atoms. The molecule has 5 unspecified atom stereocenters. The fourth-order valence-corrected chi connectivity index (χ4v) is 4.90. The smallest absolute Gasteiger partial charge is 0.0462 e. The van der Waals surface area contributed by atoms with Gasteiger partial charge in [-0.05, 0) is 69.4 Å². The van der Waals surface area contributed by atoms with Crippen molar-refractivity contribution in [2.45, 2.75) is 69.9 Å². The number of hydrogen-bond acceptors (Lipinski definition) is 3. The van der Waals surface area contributed by atoms with Crippen LogP contribution < -0.4 is 10.6 Å². The number of aliphatic hydroxyl groups excluding tert-OH is 1. The second-order valence-electron chi connectivity index (χ2n) is 7.30. The number of hydrogen-bond donors (Lipinski definition) is 3. The molecule has 0 aromatic carbocycles. The van der Waals surface area contributed by atoms with Crippen LogP contribution in [0, 0.1) is 17.8 Å². The van der Waals surface area contributed by atoms with Crippen LogP contribution in [0.1, 0.15) is 57.8 Å². The van der Waals surface area contributed by atoms with Crippen molar-refractivity contribution < 1.29 is 5.11 Å². The Morgan fingerprint density at radius 1 is 0.900 bits per heavy atom. The highest BCUT2D eigenvalue weighted by Gasteiger charge is 2.35. The summed E-state index contributed by atoms with van der Waals surface area (Å²) in [5.41, 5.74) is 0. The van der Waals surface area contributed by atoms with Crippen molar-refractivity contribution in [2.75, 3.05) is 19.7 Å². The van der Waals surface area contributed by atoms with Crippen LogP contribution >= 0.6 is 0 Å². The minimum absolute atomic E-state index is 0.393. The van der Waals surface area contributed by atoms with Gasteiger partial charge in [0.1, 0.15) is 0 Å². The highest BCUT2D eigenvalue weighted by molar-refractivity contribution is 4.93. The van der Waals surface area contributed by atoms with E-state index in [9.17, 15) is 5.11 Å². The molecule has 3 rings (SSSR count). The normalized spacial score (nSPS) is 42.1. The second-order valence-corrected chi connectivity index (χ2v) is 7.30. The van der Waals surface area contributed by atoms with Gasteiger partial charge in [-0.25, -0.2) is 0 Å². The van der Waals surface area contributed by atoms with Gasteiger partial charge in [0.15, 0.2) is 0 Å². The maximum atomic E-state index is 9.54. The molecule has 0 radical (unpaired) electrons. The Kier molecular flexibility index (Phi) is 5.36. The summed E-state index contributed by atoms with van der Waals surface area (Å²) >= 11 is 0. The predicted octanol–water partition coefficient (Wildman–Crippen LogP) is 2.30. The van der Waals surface area contributed by atoms with Crippen molar-refractivity contribution in [2.24, 2.45) is 17.8 Å². The van der Waals surface area contributed by atoms with Gasteiger partial charge in [-0.2, -0.15) is 0 Å². The largest absolute Gasteiger partial charge is 0.396 e. The van der Waals surface area contributed by atoms with Gasteiger partial charge in [0.25, 0.3) is 0 Å². The van der Waals surface area contributed by atoms with E-state index in [0.717, 1.165) is 24.5 Å². The van der Waals surface area contributed by atoms with E-state index in [2.05, 4.69) is 10.6 Å². The van der Waals surface area contributed by atoms with Crippen LogP contribution in [0.5, 0.6) is 0 Å². The average molecular weight is 280 g/mol. The van der Waals surface area contributed by atoms with E-state index in [1.165, 1.54) is 64.3 Å². The third-order valence-electron chi connectivity index (χ3n) is 6.13. The van der Waals surface area contributed by atoms with Crippen LogP contribution in [0.2, 0.25) is 0 Å². The summed E-state index contributed by atoms with van der Waals surface area (Å²) in [5.74, 6) is 2.13. The average Bonchev–Trinajstić information content (AvgIpc) is 3.15. The Hall–Kier alpha value is -0.120. The fourth-order valence-electron chi connectivity index (χ4n) is 4.90. The van der Waals surface area contributed by atoms with Gasteiger partial charge in [-0.15, -0.1) is 0 Å². The highest BCUT2D eigenvalue weighted by Crippen LogP contribution is 2.33. The van der Waals surface area contributed by atoms with Crippen LogP contribution in [-0.4, -0.2) is 36.9 Å². The van der Waals surface area contributed by atoms with Crippen molar-refractivity contribution >= 4 is 0 Å². The van der Waals surface area contributed by atoms with Gasteiger partial charge in [0, 0.05) is 18.7 Å². The number of nitrogens with one attached hydrogen (secondary N) is 2. The van der Waals surface area contributed by atoms with Gasteiger partial charge in [-0.3, -0.25) is 0 Å². The van der Waals surface area contributed by atoms with Gasteiger partial charge >= 0.3 is 0 Å². The third-order valence-corrected chi connectivity index (χ3v) is 6.13. The van der Waals surface area contributed by atoms with Gasteiger partial charge < -0.3 is 15.7 Å². The molecule has 2 saturated carbocycles. The molecule has 3 aliphatic rings. The molecule has 3 N–H and O–H groups in total. The lowest BCUT2D eigenvalue weighted by molar-refractivity contribution is 0.128. The Balaban J connectivity index is 1.49. The van der Waals surface area contributed by atoms with Gasteiger partial charge in [0.05, 0.1) is 0 Å². The molecule has 3 fully saturated rings. The summed E-state index contributed by atoms with van der Waals surface area (Å²) < 4.78 is 0. The van der Waals surface area contributed by atoms with E-state index in [4.69, 9.17) is 0 Å².